The molecule has 0 aliphatic carbocycles. The van der Waals surface area contributed by atoms with E-state index in [2.05, 4.69) is 47.6 Å². The van der Waals surface area contributed by atoms with Gasteiger partial charge in [0, 0.05) is 38.4 Å². The maximum atomic E-state index is 4.16. The van der Waals surface area contributed by atoms with Crippen molar-refractivity contribution in [3.05, 3.63) is 24.0 Å². The monoisotopic (exact) mass is 301 g/mol. The molecule has 64 valence electrons. The fraction of sp³-hybridized carbons (Fsp3) is 0. The van der Waals surface area contributed by atoms with Crippen LogP contribution in [0.2, 0.25) is 0 Å². The third kappa shape index (κ3) is 1.95. The lowest BCUT2D eigenvalue weighted by Crippen LogP contribution is -1.79. The Balaban J connectivity index is 2.48. The summed E-state index contributed by atoms with van der Waals surface area (Å²) in [6, 6.07) is 1.96. The largest absolute Gasteiger partial charge is 0.261 e. The molecule has 0 saturated heterocycles. The van der Waals surface area contributed by atoms with Crippen molar-refractivity contribution in [2.45, 2.75) is 0 Å². The second-order valence-corrected chi connectivity index (χ2v) is 4.02. The van der Waals surface area contributed by atoms with Gasteiger partial charge in [-0.1, -0.05) is 5.92 Å². The summed E-state index contributed by atoms with van der Waals surface area (Å²) in [4.78, 5) is 4.16. The summed E-state index contributed by atoms with van der Waals surface area (Å²) in [6.45, 7) is 0. The van der Waals surface area contributed by atoms with E-state index < -0.39 is 0 Å². The van der Waals surface area contributed by atoms with Gasteiger partial charge in [-0.3, -0.25) is 5.10 Å². The minimum Gasteiger partial charge on any atom is -0.261 e. The van der Waals surface area contributed by atoms with E-state index in [1.54, 1.807) is 12.4 Å². The summed E-state index contributed by atoms with van der Waals surface area (Å²) in [5.74, 6) is 2.98. The quantitative estimate of drug-likeness (QED) is 0.600. The summed E-state index contributed by atoms with van der Waals surface area (Å²) < 4.78 is 0. The van der Waals surface area contributed by atoms with E-state index in [1.807, 2.05) is 6.07 Å². The number of nitrogens with one attached hydrogen (secondary N) is 1. The van der Waals surface area contributed by atoms with E-state index in [0.29, 0.717) is 0 Å². The molecule has 0 aromatic carbocycles. The molecule has 5 heteroatoms. The van der Waals surface area contributed by atoms with E-state index in [1.165, 1.54) is 8.93 Å². The lowest BCUT2D eigenvalue weighted by molar-refractivity contribution is 1.10. The highest BCUT2D eigenvalue weighted by molar-refractivity contribution is 14.2. The number of fused-ring (bicyclic) bond motifs is 1. The zero-order chi connectivity index (χ0) is 9.10. The SMILES string of the molecule is ISC#Cc1cnc2[nH]ncc2c1. The van der Waals surface area contributed by atoms with Crippen molar-refractivity contribution in [3.63, 3.8) is 0 Å². The lowest BCUT2D eigenvalue weighted by Gasteiger charge is -1.88. The molecule has 2 aromatic rings. The minimum absolute atomic E-state index is 0.799. The van der Waals surface area contributed by atoms with Crippen LogP contribution in [0.3, 0.4) is 0 Å². The molecular formula is C8H4IN3S. The van der Waals surface area contributed by atoms with Gasteiger partial charge in [-0.2, -0.15) is 5.10 Å². The van der Waals surface area contributed by atoms with Crippen molar-refractivity contribution in [2.75, 3.05) is 0 Å². The summed E-state index contributed by atoms with van der Waals surface area (Å²) in [5, 5.41) is 10.6. The highest BCUT2D eigenvalue weighted by Gasteiger charge is 1.96. The average molecular weight is 301 g/mol. The Hall–Kier alpha value is -0.740. The lowest BCUT2D eigenvalue weighted by atomic mass is 10.2. The van der Waals surface area contributed by atoms with Crippen molar-refractivity contribution in [3.8, 4) is 11.2 Å². The summed E-state index contributed by atoms with van der Waals surface area (Å²) in [7, 11) is 1.46. The molecule has 0 fully saturated rings. The topological polar surface area (TPSA) is 41.6 Å². The molecule has 1 N–H and O–H groups in total. The molecule has 2 rings (SSSR count). The number of hydrogen-bond acceptors (Lipinski definition) is 3. The van der Waals surface area contributed by atoms with Gasteiger partial charge in [0.2, 0.25) is 0 Å². The third-order valence-corrected chi connectivity index (χ3v) is 2.37. The van der Waals surface area contributed by atoms with Gasteiger partial charge in [-0.25, -0.2) is 4.98 Å². The molecule has 3 nitrogen and oxygen atoms in total. The van der Waals surface area contributed by atoms with Crippen molar-refractivity contribution in [2.24, 2.45) is 0 Å². The van der Waals surface area contributed by atoms with Crippen molar-refractivity contribution in [1.29, 1.82) is 0 Å². The van der Waals surface area contributed by atoms with E-state index >= 15 is 0 Å². The Kier molecular flexibility index (Phi) is 2.71. The van der Waals surface area contributed by atoms with Crippen molar-refractivity contribution >= 4 is 41.2 Å². The van der Waals surface area contributed by atoms with E-state index in [9.17, 15) is 0 Å². The summed E-state index contributed by atoms with van der Waals surface area (Å²) in [5.41, 5.74) is 1.71. The van der Waals surface area contributed by atoms with E-state index in [4.69, 9.17) is 0 Å². The predicted octanol–water partition coefficient (Wildman–Crippen LogP) is 2.35. The number of aromatic amines is 1. The van der Waals surface area contributed by atoms with Crippen LogP contribution < -0.4 is 0 Å². The molecular weight excluding hydrogens is 297 g/mol. The van der Waals surface area contributed by atoms with Gasteiger partial charge < -0.3 is 0 Å². The van der Waals surface area contributed by atoms with Gasteiger partial charge in [0.1, 0.15) is 0 Å². The highest BCUT2D eigenvalue weighted by atomic mass is 127. The van der Waals surface area contributed by atoms with E-state index in [-0.39, 0.29) is 0 Å². The Labute approximate surface area is 91.3 Å². The van der Waals surface area contributed by atoms with Crippen LogP contribution in [0.4, 0.5) is 0 Å². The number of nitrogens with zero attached hydrogens (tertiary/aromatic N) is 2. The Morgan fingerprint density at radius 3 is 3.23 bits per heavy atom. The number of hydrogen-bond donors (Lipinski definition) is 1. The molecule has 2 aromatic heterocycles. The average Bonchev–Trinajstić information content (AvgIpc) is 2.61. The standard InChI is InChI=1S/C8H4IN3S/c9-13-2-1-6-3-7-5-11-12-8(7)10-4-6/h3-5H,(H,10,11,12). The molecule has 0 aliphatic rings. The molecule has 0 spiro atoms. The molecule has 0 unspecified atom stereocenters. The Morgan fingerprint density at radius 2 is 2.38 bits per heavy atom. The van der Waals surface area contributed by atoms with Gasteiger partial charge in [-0.15, -0.1) is 0 Å². The number of H-pyrrole nitrogens is 1. The van der Waals surface area contributed by atoms with Crippen LogP contribution in [0, 0.1) is 11.2 Å². The molecule has 0 saturated carbocycles. The second-order valence-electron chi connectivity index (χ2n) is 2.34. The van der Waals surface area contributed by atoms with Gasteiger partial charge in [0.15, 0.2) is 5.65 Å². The smallest absolute Gasteiger partial charge is 0.155 e. The number of rotatable bonds is 0. The zero-order valence-corrected chi connectivity index (χ0v) is 9.39. The molecule has 0 aliphatic heterocycles. The fourth-order valence-corrected chi connectivity index (χ4v) is 1.47. The first-order chi connectivity index (χ1) is 6.40. The van der Waals surface area contributed by atoms with Crippen LogP contribution in [0.25, 0.3) is 11.0 Å². The molecule has 0 radical (unpaired) electrons. The summed E-state index contributed by atoms with van der Waals surface area (Å²) in [6.07, 6.45) is 3.48. The van der Waals surface area contributed by atoms with Crippen LogP contribution >= 0.6 is 30.1 Å². The second kappa shape index (κ2) is 3.98. The summed E-state index contributed by atoms with van der Waals surface area (Å²) >= 11 is 2.14. The number of halogens is 1. The Morgan fingerprint density at radius 1 is 1.46 bits per heavy atom. The first-order valence-electron chi connectivity index (χ1n) is 3.48. The molecule has 0 atom stereocenters. The van der Waals surface area contributed by atoms with Crippen LogP contribution in [0.15, 0.2) is 18.5 Å². The number of aromatic nitrogens is 3. The van der Waals surface area contributed by atoms with Crippen molar-refractivity contribution < 1.29 is 0 Å². The molecule has 2 heterocycles. The predicted molar refractivity (Wildman–Crippen MR) is 62.4 cm³/mol. The minimum atomic E-state index is 0.799. The fourth-order valence-electron chi connectivity index (χ4n) is 0.983. The molecule has 0 bridgehead atoms. The number of pyridine rings is 1. The first kappa shape index (κ1) is 8.84. The first-order valence-corrected chi connectivity index (χ1v) is 6.84. The van der Waals surface area contributed by atoms with Crippen molar-refractivity contribution in [1.82, 2.24) is 15.2 Å². The zero-order valence-electron chi connectivity index (χ0n) is 6.41. The van der Waals surface area contributed by atoms with Crippen LogP contribution in [-0.4, -0.2) is 15.2 Å². The van der Waals surface area contributed by atoms with Crippen LogP contribution in [-0.2, 0) is 0 Å². The van der Waals surface area contributed by atoms with Gasteiger partial charge >= 0.3 is 0 Å². The van der Waals surface area contributed by atoms with E-state index in [0.717, 1.165) is 16.6 Å². The maximum absolute atomic E-state index is 4.16. The third-order valence-electron chi connectivity index (χ3n) is 1.53. The van der Waals surface area contributed by atoms with Crippen LogP contribution in [0.5, 0.6) is 0 Å². The van der Waals surface area contributed by atoms with Gasteiger partial charge in [0.05, 0.1) is 6.20 Å². The van der Waals surface area contributed by atoms with Gasteiger partial charge in [-0.05, 0) is 20.3 Å². The van der Waals surface area contributed by atoms with Gasteiger partial charge in [0.25, 0.3) is 0 Å². The maximum Gasteiger partial charge on any atom is 0.155 e. The Bertz CT molecular complexity index is 483. The normalized spacial score (nSPS) is 9.62. The highest BCUT2D eigenvalue weighted by Crippen LogP contribution is 2.11. The molecule has 13 heavy (non-hydrogen) atoms. The van der Waals surface area contributed by atoms with Crippen LogP contribution in [0.1, 0.15) is 5.56 Å². The molecule has 0 amide bonds.